The Morgan fingerprint density at radius 1 is 1.05 bits per heavy atom. The van der Waals surface area contributed by atoms with Crippen LogP contribution in [0.25, 0.3) is 11.1 Å². The summed E-state index contributed by atoms with van der Waals surface area (Å²) in [7, 11) is -2.04. The summed E-state index contributed by atoms with van der Waals surface area (Å²) in [5.74, 6) is -0.354. The number of carbonyl (C=O) groups excluding carboxylic acids is 1. The molecule has 0 saturated carbocycles. The van der Waals surface area contributed by atoms with Gasteiger partial charge in [-0.25, -0.2) is 18.5 Å². The van der Waals surface area contributed by atoms with Gasteiger partial charge in [0.05, 0.1) is 11.2 Å². The van der Waals surface area contributed by atoms with Crippen molar-refractivity contribution in [2.24, 2.45) is 17.9 Å². The molecule has 0 saturated heterocycles. The van der Waals surface area contributed by atoms with E-state index in [9.17, 15) is 13.2 Å². The van der Waals surface area contributed by atoms with Crippen LogP contribution in [0.4, 0.5) is 11.4 Å². The van der Waals surface area contributed by atoms with Crippen LogP contribution in [0.5, 0.6) is 0 Å². The lowest BCUT2D eigenvalue weighted by molar-refractivity contribution is -0.116. The average molecular weight is 518 g/mol. The van der Waals surface area contributed by atoms with Gasteiger partial charge < -0.3 is 20.9 Å². The molecule has 1 heterocycles. The van der Waals surface area contributed by atoms with Crippen molar-refractivity contribution in [3.63, 3.8) is 0 Å². The molecule has 0 radical (unpaired) electrons. The van der Waals surface area contributed by atoms with Gasteiger partial charge in [0.15, 0.2) is 0 Å². The monoisotopic (exact) mass is 517 g/mol. The van der Waals surface area contributed by atoms with E-state index in [0.29, 0.717) is 34.5 Å². The largest absolute Gasteiger partial charge is 0.384 e. The van der Waals surface area contributed by atoms with E-state index in [-0.39, 0.29) is 16.6 Å². The van der Waals surface area contributed by atoms with Crippen LogP contribution >= 0.6 is 0 Å². The SMILES string of the molecule is Cn1cncc1C[C@H](Nc1cccc(C(=N)N)c1)C(=O)Nc1ccc(-c2ccccc2S(N)(=O)=O)cc1. The molecule has 0 fully saturated rings. The molecule has 7 N–H and O–H groups in total. The number of nitrogens with zero attached hydrogens (tertiary/aromatic N) is 2. The Kier molecular flexibility index (Phi) is 7.37. The summed E-state index contributed by atoms with van der Waals surface area (Å²) in [6.07, 6.45) is 3.72. The molecule has 0 aliphatic rings. The summed E-state index contributed by atoms with van der Waals surface area (Å²) < 4.78 is 25.8. The van der Waals surface area contributed by atoms with Gasteiger partial charge in [-0.1, -0.05) is 42.5 Å². The summed E-state index contributed by atoms with van der Waals surface area (Å²) >= 11 is 0. The summed E-state index contributed by atoms with van der Waals surface area (Å²) in [4.78, 5) is 17.5. The van der Waals surface area contributed by atoms with E-state index in [4.69, 9.17) is 16.3 Å². The number of nitrogens with two attached hydrogens (primary N) is 2. The number of amidine groups is 1. The number of carbonyl (C=O) groups is 1. The van der Waals surface area contributed by atoms with Gasteiger partial charge in [0, 0.05) is 47.9 Å². The van der Waals surface area contributed by atoms with Gasteiger partial charge in [-0.3, -0.25) is 10.2 Å². The lowest BCUT2D eigenvalue weighted by Gasteiger charge is -2.20. The zero-order valence-corrected chi connectivity index (χ0v) is 20.9. The van der Waals surface area contributed by atoms with Gasteiger partial charge in [-0.15, -0.1) is 0 Å². The van der Waals surface area contributed by atoms with Crippen LogP contribution in [0, 0.1) is 5.41 Å². The second-order valence-corrected chi connectivity index (χ2v) is 10.0. The second kappa shape index (κ2) is 10.6. The molecule has 0 bridgehead atoms. The highest BCUT2D eigenvalue weighted by Gasteiger charge is 2.21. The molecule has 1 amide bonds. The number of aromatic nitrogens is 2. The Morgan fingerprint density at radius 3 is 2.43 bits per heavy atom. The number of imidazole rings is 1. The van der Waals surface area contributed by atoms with Gasteiger partial charge in [0.2, 0.25) is 15.9 Å². The minimum absolute atomic E-state index is 0.0278. The van der Waals surface area contributed by atoms with Crippen molar-refractivity contribution >= 4 is 33.1 Å². The van der Waals surface area contributed by atoms with Crippen molar-refractivity contribution in [1.82, 2.24) is 9.55 Å². The second-order valence-electron chi connectivity index (χ2n) is 8.50. The molecule has 10 nitrogen and oxygen atoms in total. The topological polar surface area (TPSA) is 169 Å². The third-order valence-electron chi connectivity index (χ3n) is 5.82. The first-order valence-electron chi connectivity index (χ1n) is 11.3. The molecule has 11 heteroatoms. The molecule has 0 spiro atoms. The van der Waals surface area contributed by atoms with Crippen molar-refractivity contribution in [1.29, 1.82) is 5.41 Å². The quantitative estimate of drug-likeness (QED) is 0.169. The van der Waals surface area contributed by atoms with E-state index in [2.05, 4.69) is 15.6 Å². The third-order valence-corrected chi connectivity index (χ3v) is 6.79. The molecule has 4 aromatic rings. The molecule has 190 valence electrons. The number of sulfonamides is 1. The van der Waals surface area contributed by atoms with E-state index in [1.807, 2.05) is 11.6 Å². The number of rotatable bonds is 9. The molecule has 37 heavy (non-hydrogen) atoms. The minimum Gasteiger partial charge on any atom is -0.384 e. The number of hydrogen-bond acceptors (Lipinski definition) is 6. The van der Waals surface area contributed by atoms with Crippen LogP contribution in [0.2, 0.25) is 0 Å². The van der Waals surface area contributed by atoms with Gasteiger partial charge in [-0.05, 0) is 35.9 Å². The van der Waals surface area contributed by atoms with Gasteiger partial charge >= 0.3 is 0 Å². The first-order chi connectivity index (χ1) is 17.6. The summed E-state index contributed by atoms with van der Waals surface area (Å²) in [5, 5.41) is 19.2. The fourth-order valence-electron chi connectivity index (χ4n) is 3.89. The Hall–Kier alpha value is -4.48. The van der Waals surface area contributed by atoms with Crippen molar-refractivity contribution < 1.29 is 13.2 Å². The van der Waals surface area contributed by atoms with Crippen molar-refractivity contribution in [3.05, 3.63) is 96.6 Å². The summed E-state index contributed by atoms with van der Waals surface area (Å²) in [6.45, 7) is 0. The predicted molar refractivity (Wildman–Crippen MR) is 144 cm³/mol. The molecule has 0 aliphatic heterocycles. The standard InChI is InChI=1S/C26H27N7O3S/c1-33-16-30-15-21(33)14-23(31-20-6-4-5-18(13-20)25(27)28)26(34)32-19-11-9-17(10-12-19)22-7-2-3-8-24(22)37(29,35)36/h2-13,15-16,23,31H,14H2,1H3,(H3,27,28)(H,32,34)(H2,29,35,36)/t23-/m0/s1. The molecule has 1 atom stereocenters. The fourth-order valence-corrected chi connectivity index (χ4v) is 4.65. The summed E-state index contributed by atoms with van der Waals surface area (Å²) in [6, 6.07) is 19.6. The first kappa shape index (κ1) is 25.6. The maximum atomic E-state index is 13.3. The Morgan fingerprint density at radius 2 is 1.78 bits per heavy atom. The van der Waals surface area contributed by atoms with Gasteiger partial charge in [0.25, 0.3) is 0 Å². The van der Waals surface area contributed by atoms with E-state index >= 15 is 0 Å². The first-order valence-corrected chi connectivity index (χ1v) is 12.9. The van der Waals surface area contributed by atoms with Crippen molar-refractivity contribution in [2.75, 3.05) is 10.6 Å². The number of benzene rings is 3. The lowest BCUT2D eigenvalue weighted by Crippen LogP contribution is -2.37. The lowest BCUT2D eigenvalue weighted by atomic mass is 10.1. The van der Waals surface area contributed by atoms with Crippen LogP contribution in [0.3, 0.4) is 0 Å². The predicted octanol–water partition coefficient (Wildman–Crippen LogP) is 2.68. The average Bonchev–Trinajstić information content (AvgIpc) is 3.28. The van der Waals surface area contributed by atoms with Gasteiger partial charge in [0.1, 0.15) is 11.9 Å². The zero-order valence-electron chi connectivity index (χ0n) is 20.0. The fraction of sp³-hybridized carbons (Fsp3) is 0.115. The maximum absolute atomic E-state index is 13.3. The van der Waals surface area contributed by atoms with Crippen LogP contribution in [-0.4, -0.2) is 35.8 Å². The normalized spacial score (nSPS) is 12.1. The maximum Gasteiger partial charge on any atom is 0.247 e. The molecular weight excluding hydrogens is 490 g/mol. The molecule has 0 unspecified atom stereocenters. The molecule has 3 aromatic carbocycles. The molecular formula is C26H27N7O3S. The summed E-state index contributed by atoms with van der Waals surface area (Å²) in [5.41, 5.74) is 9.31. The number of primary sulfonamides is 1. The van der Waals surface area contributed by atoms with Crippen LogP contribution in [0.1, 0.15) is 11.3 Å². The third kappa shape index (κ3) is 6.21. The smallest absolute Gasteiger partial charge is 0.247 e. The van der Waals surface area contributed by atoms with E-state index < -0.39 is 16.1 Å². The zero-order chi connectivity index (χ0) is 26.6. The number of nitrogen functional groups attached to an aromatic ring is 1. The number of hydrogen-bond donors (Lipinski definition) is 5. The van der Waals surface area contributed by atoms with Crippen LogP contribution < -0.4 is 21.5 Å². The molecule has 0 aliphatic carbocycles. The molecule has 1 aromatic heterocycles. The number of aryl methyl sites for hydroxylation is 1. The van der Waals surface area contributed by atoms with Gasteiger partial charge in [-0.2, -0.15) is 0 Å². The Balaban J connectivity index is 1.57. The number of amides is 1. The Labute approximate surface area is 214 Å². The molecule has 4 rings (SSSR count). The van der Waals surface area contributed by atoms with Crippen molar-refractivity contribution in [2.45, 2.75) is 17.4 Å². The minimum atomic E-state index is -3.89. The van der Waals surface area contributed by atoms with E-state index in [0.717, 1.165) is 5.69 Å². The van der Waals surface area contributed by atoms with E-state index in [1.165, 1.54) is 6.07 Å². The highest BCUT2D eigenvalue weighted by atomic mass is 32.2. The van der Waals surface area contributed by atoms with Crippen LogP contribution in [0.15, 0.2) is 90.2 Å². The van der Waals surface area contributed by atoms with Crippen molar-refractivity contribution in [3.8, 4) is 11.1 Å². The number of nitrogens with one attached hydrogen (secondary N) is 3. The highest BCUT2D eigenvalue weighted by molar-refractivity contribution is 7.89. The number of anilines is 2. The van der Waals surface area contributed by atoms with Crippen LogP contribution in [-0.2, 0) is 28.3 Å². The highest BCUT2D eigenvalue weighted by Crippen LogP contribution is 2.27. The Bertz CT molecular complexity index is 1550. The van der Waals surface area contributed by atoms with E-state index in [1.54, 1.807) is 79.3 Å².